The second-order valence-corrected chi connectivity index (χ2v) is 9.62. The predicted octanol–water partition coefficient (Wildman–Crippen LogP) is 5.81. The Morgan fingerprint density at radius 1 is 1.13 bits per heavy atom. The van der Waals surface area contributed by atoms with Crippen molar-refractivity contribution in [3.8, 4) is 0 Å². The normalized spacial score (nSPS) is 39.5. The molecule has 1 aliphatic carbocycles. The van der Waals surface area contributed by atoms with Crippen LogP contribution < -0.4 is 5.32 Å². The average molecular weight is 460 g/mol. The Balaban J connectivity index is 1.57. The number of anilines is 1. The SMILES string of the molecule is C[C@@H]1CC[C@H]2C(CNc3ccc(Cl)cc3)=C(C(F)(F)F)O[C@@H]3O[C@]4(C)CCC1[C@]32OO4. The van der Waals surface area contributed by atoms with Crippen LogP contribution in [0.3, 0.4) is 0 Å². The molecule has 0 radical (unpaired) electrons. The minimum atomic E-state index is -4.64. The van der Waals surface area contributed by atoms with E-state index in [2.05, 4.69) is 12.2 Å². The van der Waals surface area contributed by atoms with Crippen molar-refractivity contribution < 1.29 is 32.4 Å². The van der Waals surface area contributed by atoms with Crippen molar-refractivity contribution in [2.45, 2.75) is 63.4 Å². The van der Waals surface area contributed by atoms with E-state index < -0.39 is 35.5 Å². The first-order chi connectivity index (χ1) is 14.6. The molecule has 1 spiro atoms. The maximum Gasteiger partial charge on any atom is 0.449 e. The van der Waals surface area contributed by atoms with Crippen molar-refractivity contribution in [3.05, 3.63) is 40.6 Å². The van der Waals surface area contributed by atoms with Crippen LogP contribution in [-0.4, -0.2) is 30.4 Å². The summed E-state index contributed by atoms with van der Waals surface area (Å²) in [5.74, 6) is -2.41. The number of alkyl halides is 3. The fourth-order valence-electron chi connectivity index (χ4n) is 5.71. The molecule has 1 unspecified atom stereocenters. The molecule has 1 N–H and O–H groups in total. The molecule has 4 fully saturated rings. The van der Waals surface area contributed by atoms with E-state index in [1.165, 1.54) is 0 Å². The van der Waals surface area contributed by atoms with Gasteiger partial charge in [-0.2, -0.15) is 13.2 Å². The summed E-state index contributed by atoms with van der Waals surface area (Å²) in [4.78, 5) is 11.6. The van der Waals surface area contributed by atoms with Crippen molar-refractivity contribution in [2.75, 3.05) is 11.9 Å². The van der Waals surface area contributed by atoms with Gasteiger partial charge in [-0.1, -0.05) is 18.5 Å². The highest BCUT2D eigenvalue weighted by molar-refractivity contribution is 6.30. The average Bonchev–Trinajstić information content (AvgIpc) is 2.94. The maximum absolute atomic E-state index is 14.1. The second-order valence-electron chi connectivity index (χ2n) is 9.19. The summed E-state index contributed by atoms with van der Waals surface area (Å²) in [6.45, 7) is 3.78. The predicted molar refractivity (Wildman–Crippen MR) is 107 cm³/mol. The van der Waals surface area contributed by atoms with Crippen LogP contribution in [0.1, 0.15) is 39.5 Å². The largest absolute Gasteiger partial charge is 0.456 e. The molecule has 2 bridgehead atoms. The van der Waals surface area contributed by atoms with E-state index in [9.17, 15) is 13.2 Å². The lowest BCUT2D eigenvalue weighted by molar-refractivity contribution is -0.557. The van der Waals surface area contributed by atoms with Gasteiger partial charge in [0.05, 0.1) is 0 Å². The van der Waals surface area contributed by atoms with E-state index in [1.807, 2.05) is 0 Å². The molecule has 4 heterocycles. The molecule has 3 saturated heterocycles. The summed E-state index contributed by atoms with van der Waals surface area (Å²) in [6, 6.07) is 6.83. The van der Waals surface area contributed by atoms with Crippen LogP contribution in [0, 0.1) is 17.8 Å². The Bertz CT molecular complexity index is 892. The van der Waals surface area contributed by atoms with Gasteiger partial charge in [0.2, 0.25) is 17.8 Å². The molecule has 1 aromatic rings. The number of halogens is 4. The standard InChI is InChI=1S/C22H25ClF3NO4/c1-12-3-8-17-15(11-27-14-6-4-13(23)5-7-14)18(22(24,25)26)28-19-21(17)16(12)9-10-20(2,29-19)30-31-21/h4-7,12,16-17,19,27H,3,8-11H2,1-2H3/t12-,16?,17+,19-,20+,21-/m1/s1. The van der Waals surface area contributed by atoms with Crippen molar-refractivity contribution in [1.82, 2.24) is 0 Å². The quantitative estimate of drug-likeness (QED) is 0.578. The van der Waals surface area contributed by atoms with Crippen molar-refractivity contribution >= 4 is 17.3 Å². The lowest BCUT2D eigenvalue weighted by Crippen LogP contribution is -2.67. The van der Waals surface area contributed by atoms with Crippen molar-refractivity contribution in [3.63, 3.8) is 0 Å². The number of hydrogen-bond donors (Lipinski definition) is 1. The number of nitrogens with one attached hydrogen (secondary N) is 1. The summed E-state index contributed by atoms with van der Waals surface area (Å²) in [5, 5.41) is 3.65. The van der Waals surface area contributed by atoms with Crippen LogP contribution in [-0.2, 0) is 19.2 Å². The lowest BCUT2D eigenvalue weighted by Gasteiger charge is -2.57. The number of benzene rings is 1. The van der Waals surface area contributed by atoms with Crippen LogP contribution in [0.5, 0.6) is 0 Å². The van der Waals surface area contributed by atoms with Crippen LogP contribution in [0.4, 0.5) is 18.9 Å². The highest BCUT2D eigenvalue weighted by Gasteiger charge is 2.70. The van der Waals surface area contributed by atoms with Gasteiger partial charge in [0.1, 0.15) is 0 Å². The van der Waals surface area contributed by atoms with Gasteiger partial charge in [-0.25, -0.2) is 9.78 Å². The van der Waals surface area contributed by atoms with E-state index in [1.54, 1.807) is 31.2 Å². The van der Waals surface area contributed by atoms with Crippen LogP contribution in [0.2, 0.25) is 5.02 Å². The molecule has 0 aromatic heterocycles. The van der Waals surface area contributed by atoms with Gasteiger partial charge in [-0.05, 0) is 56.4 Å². The number of allylic oxidation sites excluding steroid dienone is 1. The summed E-state index contributed by atoms with van der Waals surface area (Å²) in [5.41, 5.74) is -0.281. The van der Waals surface area contributed by atoms with Crippen molar-refractivity contribution in [2.24, 2.45) is 17.8 Å². The molecule has 0 amide bonds. The van der Waals surface area contributed by atoms with Crippen LogP contribution in [0.15, 0.2) is 35.6 Å². The zero-order valence-corrected chi connectivity index (χ0v) is 18.1. The monoisotopic (exact) mass is 459 g/mol. The maximum atomic E-state index is 14.1. The van der Waals surface area contributed by atoms with Gasteiger partial charge in [0, 0.05) is 41.1 Å². The molecule has 6 rings (SSSR count). The number of ether oxygens (including phenoxy) is 2. The Morgan fingerprint density at radius 2 is 1.87 bits per heavy atom. The number of hydrogen-bond acceptors (Lipinski definition) is 5. The first kappa shape index (κ1) is 21.4. The van der Waals surface area contributed by atoms with E-state index in [-0.39, 0.29) is 24.0 Å². The molecule has 31 heavy (non-hydrogen) atoms. The molecule has 4 aliphatic heterocycles. The lowest BCUT2D eigenvalue weighted by atomic mass is 9.59. The summed E-state index contributed by atoms with van der Waals surface area (Å²) in [6.07, 6.45) is -3.18. The third-order valence-electron chi connectivity index (χ3n) is 7.24. The minimum absolute atomic E-state index is 0.0270. The molecule has 170 valence electrons. The van der Waals surface area contributed by atoms with Gasteiger partial charge in [0.25, 0.3) is 0 Å². The van der Waals surface area contributed by atoms with E-state index in [0.29, 0.717) is 23.6 Å². The molecule has 1 aromatic carbocycles. The molecule has 9 heteroatoms. The first-order valence-corrected chi connectivity index (χ1v) is 11.0. The van der Waals surface area contributed by atoms with Crippen LogP contribution in [0.25, 0.3) is 0 Å². The Kier molecular flexibility index (Phi) is 5.01. The second kappa shape index (κ2) is 7.27. The summed E-state index contributed by atoms with van der Waals surface area (Å²) < 4.78 is 53.9. The molecule has 5 nitrogen and oxygen atoms in total. The zero-order chi connectivity index (χ0) is 22.0. The highest BCUT2D eigenvalue weighted by atomic mass is 35.5. The molecule has 5 aliphatic rings. The molecular weight excluding hydrogens is 435 g/mol. The van der Waals surface area contributed by atoms with Gasteiger partial charge in [-0.3, -0.25) is 0 Å². The highest BCUT2D eigenvalue weighted by Crippen LogP contribution is 2.61. The van der Waals surface area contributed by atoms with E-state index in [4.69, 9.17) is 30.8 Å². The third-order valence-corrected chi connectivity index (χ3v) is 7.49. The van der Waals surface area contributed by atoms with Crippen LogP contribution >= 0.6 is 11.6 Å². The smallest absolute Gasteiger partial charge is 0.449 e. The van der Waals surface area contributed by atoms with Gasteiger partial charge < -0.3 is 14.8 Å². The molecule has 1 saturated carbocycles. The van der Waals surface area contributed by atoms with Gasteiger partial charge >= 0.3 is 6.18 Å². The first-order valence-electron chi connectivity index (χ1n) is 10.6. The minimum Gasteiger partial charge on any atom is -0.456 e. The number of fused-ring (bicyclic) bond motifs is 2. The molecular formula is C22H25ClF3NO4. The third kappa shape index (κ3) is 3.43. The Labute approximate surface area is 183 Å². The summed E-state index contributed by atoms with van der Waals surface area (Å²) in [7, 11) is 0. The van der Waals surface area contributed by atoms with Gasteiger partial charge in [0.15, 0.2) is 5.60 Å². The van der Waals surface area contributed by atoms with Gasteiger partial charge in [-0.15, -0.1) is 0 Å². The fraction of sp³-hybridized carbons (Fsp3) is 0.636. The van der Waals surface area contributed by atoms with E-state index >= 15 is 0 Å². The zero-order valence-electron chi connectivity index (χ0n) is 17.3. The van der Waals surface area contributed by atoms with Crippen molar-refractivity contribution in [1.29, 1.82) is 0 Å². The number of rotatable bonds is 3. The Hall–Kier alpha value is -1.48. The van der Waals surface area contributed by atoms with E-state index in [0.717, 1.165) is 12.8 Å². The topological polar surface area (TPSA) is 49.0 Å². The fourth-order valence-corrected chi connectivity index (χ4v) is 5.83. The Morgan fingerprint density at radius 3 is 2.58 bits per heavy atom. The molecule has 6 atom stereocenters. The summed E-state index contributed by atoms with van der Waals surface area (Å²) >= 11 is 5.92.